The molecule has 1 fully saturated rings. The van der Waals surface area contributed by atoms with Crippen LogP contribution in [-0.2, 0) is 0 Å². The van der Waals surface area contributed by atoms with E-state index in [1.54, 1.807) is 29.4 Å². The maximum Gasteiger partial charge on any atom is 0.253 e. The van der Waals surface area contributed by atoms with Crippen LogP contribution in [0, 0.1) is 0 Å². The van der Waals surface area contributed by atoms with Gasteiger partial charge in [0.1, 0.15) is 0 Å². The van der Waals surface area contributed by atoms with E-state index in [0.717, 1.165) is 12.0 Å². The molecule has 3 rings (SSSR count). The van der Waals surface area contributed by atoms with E-state index in [2.05, 4.69) is 9.97 Å². The maximum atomic E-state index is 12.9. The van der Waals surface area contributed by atoms with Gasteiger partial charge in [-0.2, -0.15) is 0 Å². The van der Waals surface area contributed by atoms with Crippen LogP contribution in [0.3, 0.4) is 0 Å². The minimum absolute atomic E-state index is 0.0605. The van der Waals surface area contributed by atoms with E-state index < -0.39 is 5.60 Å². The first kappa shape index (κ1) is 17.5. The van der Waals surface area contributed by atoms with Crippen molar-refractivity contribution in [3.05, 3.63) is 48.3 Å². The zero-order valence-electron chi connectivity index (χ0n) is 14.7. The number of likely N-dealkylation sites (N-methyl/N-ethyl adjacent to an activating group) is 1. The molecule has 0 spiro atoms. The standard InChI is InChI=1S/C19H24N4O2/c1-22(2)13-19(25)8-4-11-23(14-19)18(24)16-7-3-6-15(12-16)17-20-9-5-10-21-17/h3,5-7,9-10,12,25H,4,8,11,13-14H2,1-2H3/t19-/m0/s1. The van der Waals surface area contributed by atoms with Crippen molar-refractivity contribution < 1.29 is 9.90 Å². The third kappa shape index (κ3) is 4.21. The highest BCUT2D eigenvalue weighted by molar-refractivity contribution is 5.95. The van der Waals surface area contributed by atoms with Crippen LogP contribution < -0.4 is 0 Å². The molecule has 0 aliphatic carbocycles. The molecule has 1 aliphatic rings. The summed E-state index contributed by atoms with van der Waals surface area (Å²) in [6.45, 7) is 1.57. The number of β-amino-alcohol motifs (C(OH)–C–C–N with tert-alkyl or cyclic N) is 1. The molecule has 1 N–H and O–H groups in total. The molecule has 6 nitrogen and oxygen atoms in total. The highest BCUT2D eigenvalue weighted by Crippen LogP contribution is 2.24. The highest BCUT2D eigenvalue weighted by Gasteiger charge is 2.35. The molecule has 1 atom stereocenters. The SMILES string of the molecule is CN(C)C[C@@]1(O)CCCN(C(=O)c2cccc(-c3ncccn3)c2)C1. The number of benzene rings is 1. The monoisotopic (exact) mass is 340 g/mol. The number of hydrogen-bond donors (Lipinski definition) is 1. The third-order valence-corrected chi connectivity index (χ3v) is 4.39. The second-order valence-corrected chi connectivity index (χ2v) is 6.95. The lowest BCUT2D eigenvalue weighted by atomic mass is 9.92. The minimum atomic E-state index is -0.850. The number of nitrogens with zero attached hydrogens (tertiary/aromatic N) is 4. The van der Waals surface area contributed by atoms with Crippen molar-refractivity contribution in [3.8, 4) is 11.4 Å². The van der Waals surface area contributed by atoms with E-state index in [9.17, 15) is 9.90 Å². The average Bonchev–Trinajstić information content (AvgIpc) is 2.61. The molecule has 132 valence electrons. The third-order valence-electron chi connectivity index (χ3n) is 4.39. The molecular weight excluding hydrogens is 316 g/mol. The Morgan fingerprint density at radius 3 is 2.76 bits per heavy atom. The molecule has 6 heteroatoms. The lowest BCUT2D eigenvalue weighted by molar-refractivity contribution is -0.0391. The van der Waals surface area contributed by atoms with Gasteiger partial charge in [0.05, 0.1) is 12.1 Å². The molecule has 0 saturated carbocycles. The fourth-order valence-electron chi connectivity index (χ4n) is 3.43. The summed E-state index contributed by atoms with van der Waals surface area (Å²) in [5.41, 5.74) is 0.559. The summed E-state index contributed by atoms with van der Waals surface area (Å²) in [5.74, 6) is 0.537. The largest absolute Gasteiger partial charge is 0.387 e. The van der Waals surface area contributed by atoms with Crippen LogP contribution in [0.5, 0.6) is 0 Å². The number of piperidine rings is 1. The van der Waals surface area contributed by atoms with Gasteiger partial charge in [0.15, 0.2) is 5.82 Å². The molecule has 1 aromatic heterocycles. The first-order chi connectivity index (χ1) is 12.0. The number of carbonyl (C=O) groups excluding carboxylic acids is 1. The molecule has 2 aromatic rings. The van der Waals surface area contributed by atoms with E-state index in [1.807, 2.05) is 37.2 Å². The molecule has 0 bridgehead atoms. The number of rotatable bonds is 4. The number of amides is 1. The van der Waals surface area contributed by atoms with Gasteiger partial charge in [-0.25, -0.2) is 9.97 Å². The minimum Gasteiger partial charge on any atom is -0.387 e. The first-order valence-corrected chi connectivity index (χ1v) is 8.51. The van der Waals surface area contributed by atoms with Crippen LogP contribution in [-0.4, -0.2) is 70.1 Å². The molecule has 2 heterocycles. The fourth-order valence-corrected chi connectivity index (χ4v) is 3.43. The Balaban J connectivity index is 1.79. The molecule has 0 unspecified atom stereocenters. The van der Waals surface area contributed by atoms with E-state index in [4.69, 9.17) is 0 Å². The van der Waals surface area contributed by atoms with Crippen molar-refractivity contribution in [2.75, 3.05) is 33.7 Å². The second-order valence-electron chi connectivity index (χ2n) is 6.95. The molecule has 1 aromatic carbocycles. The lowest BCUT2D eigenvalue weighted by Crippen LogP contribution is -2.54. The Labute approximate surface area is 148 Å². The number of hydrogen-bond acceptors (Lipinski definition) is 5. The summed E-state index contributed by atoms with van der Waals surface area (Å²) in [6.07, 6.45) is 4.88. The second kappa shape index (κ2) is 7.29. The molecule has 0 radical (unpaired) electrons. The van der Waals surface area contributed by atoms with E-state index in [0.29, 0.717) is 37.4 Å². The lowest BCUT2D eigenvalue weighted by Gasteiger charge is -2.40. The predicted molar refractivity (Wildman–Crippen MR) is 96.1 cm³/mol. The Morgan fingerprint density at radius 2 is 2.04 bits per heavy atom. The normalized spacial score (nSPS) is 20.7. The summed E-state index contributed by atoms with van der Waals surface area (Å²) in [7, 11) is 3.87. The van der Waals surface area contributed by atoms with Crippen molar-refractivity contribution in [3.63, 3.8) is 0 Å². The van der Waals surface area contributed by atoms with Gasteiger partial charge in [-0.05, 0) is 45.1 Å². The van der Waals surface area contributed by atoms with Crippen molar-refractivity contribution in [1.29, 1.82) is 0 Å². The molecule has 25 heavy (non-hydrogen) atoms. The summed E-state index contributed by atoms with van der Waals surface area (Å²) in [5, 5.41) is 10.8. The maximum absolute atomic E-state index is 12.9. The van der Waals surface area contributed by atoms with Gasteiger partial charge in [0.2, 0.25) is 0 Å². The van der Waals surface area contributed by atoms with Crippen molar-refractivity contribution in [2.24, 2.45) is 0 Å². The molecule has 1 amide bonds. The van der Waals surface area contributed by atoms with Crippen molar-refractivity contribution in [1.82, 2.24) is 19.8 Å². The quantitative estimate of drug-likeness (QED) is 0.917. The average molecular weight is 340 g/mol. The number of carbonyl (C=O) groups is 1. The molecule has 1 aliphatic heterocycles. The van der Waals surface area contributed by atoms with Crippen LogP contribution >= 0.6 is 0 Å². The first-order valence-electron chi connectivity index (χ1n) is 8.51. The number of aromatic nitrogens is 2. The Kier molecular flexibility index (Phi) is 5.11. The van der Waals surface area contributed by atoms with Gasteiger partial charge in [-0.1, -0.05) is 12.1 Å². The van der Waals surface area contributed by atoms with E-state index in [-0.39, 0.29) is 5.91 Å². The van der Waals surface area contributed by atoms with Crippen molar-refractivity contribution in [2.45, 2.75) is 18.4 Å². The van der Waals surface area contributed by atoms with Gasteiger partial charge in [-0.15, -0.1) is 0 Å². The Morgan fingerprint density at radius 1 is 1.28 bits per heavy atom. The number of likely N-dealkylation sites (tertiary alicyclic amines) is 1. The zero-order valence-corrected chi connectivity index (χ0v) is 14.7. The summed E-state index contributed by atoms with van der Waals surface area (Å²) in [6, 6.07) is 9.11. The van der Waals surface area contributed by atoms with Gasteiger partial charge in [0.25, 0.3) is 5.91 Å². The van der Waals surface area contributed by atoms with Gasteiger partial charge in [0, 0.05) is 36.6 Å². The molecule has 1 saturated heterocycles. The summed E-state index contributed by atoms with van der Waals surface area (Å²) in [4.78, 5) is 25.1. The number of aliphatic hydroxyl groups is 1. The van der Waals surface area contributed by atoms with Crippen LogP contribution in [0.4, 0.5) is 0 Å². The smallest absolute Gasteiger partial charge is 0.253 e. The predicted octanol–water partition coefficient (Wildman–Crippen LogP) is 1.67. The van der Waals surface area contributed by atoms with E-state index in [1.165, 1.54) is 0 Å². The Hall–Kier alpha value is -2.31. The van der Waals surface area contributed by atoms with Crippen LogP contribution in [0.1, 0.15) is 23.2 Å². The van der Waals surface area contributed by atoms with Crippen LogP contribution in [0.25, 0.3) is 11.4 Å². The van der Waals surface area contributed by atoms with Gasteiger partial charge < -0.3 is 14.9 Å². The zero-order chi connectivity index (χ0) is 17.9. The topological polar surface area (TPSA) is 69.6 Å². The Bertz CT molecular complexity index is 735. The van der Waals surface area contributed by atoms with Gasteiger partial charge in [-0.3, -0.25) is 4.79 Å². The van der Waals surface area contributed by atoms with Crippen molar-refractivity contribution >= 4 is 5.91 Å². The highest BCUT2D eigenvalue weighted by atomic mass is 16.3. The summed E-state index contributed by atoms with van der Waals surface area (Å²) >= 11 is 0. The van der Waals surface area contributed by atoms with Crippen LogP contribution in [0.2, 0.25) is 0 Å². The summed E-state index contributed by atoms with van der Waals surface area (Å²) < 4.78 is 0. The molecular formula is C19H24N4O2. The van der Waals surface area contributed by atoms with Gasteiger partial charge >= 0.3 is 0 Å². The van der Waals surface area contributed by atoms with E-state index >= 15 is 0 Å². The fraction of sp³-hybridized carbons (Fsp3) is 0.421. The van der Waals surface area contributed by atoms with Crippen LogP contribution in [0.15, 0.2) is 42.7 Å².